The van der Waals surface area contributed by atoms with E-state index >= 15 is 0 Å². The van der Waals surface area contributed by atoms with Crippen molar-refractivity contribution in [2.45, 2.75) is 4.90 Å². The molecule has 0 aromatic heterocycles. The first-order chi connectivity index (χ1) is 9.29. The van der Waals surface area contributed by atoms with E-state index in [-0.39, 0.29) is 25.7 Å². The second-order valence-electron chi connectivity index (χ2n) is 3.92. The van der Waals surface area contributed by atoms with E-state index in [4.69, 9.17) is 40.5 Å². The number of rotatable bonds is 3. The molecule has 0 fully saturated rings. The fourth-order valence-electron chi connectivity index (χ4n) is 1.46. The lowest BCUT2D eigenvalue weighted by molar-refractivity contribution is 0.601. The average Bonchev–Trinajstić information content (AvgIpc) is 2.36. The van der Waals surface area contributed by atoms with Crippen LogP contribution in [0, 0.1) is 0 Å². The van der Waals surface area contributed by atoms with Crippen molar-refractivity contribution in [1.82, 2.24) is 0 Å². The van der Waals surface area contributed by atoms with Gasteiger partial charge < -0.3 is 5.73 Å². The maximum atomic E-state index is 12.2. The van der Waals surface area contributed by atoms with Gasteiger partial charge in [-0.1, -0.05) is 34.8 Å². The predicted octanol–water partition coefficient (Wildman–Crippen LogP) is 4.03. The third-order valence-corrected chi connectivity index (χ3v) is 4.85. The first-order valence-electron chi connectivity index (χ1n) is 5.32. The minimum Gasteiger partial charge on any atom is -0.399 e. The van der Waals surface area contributed by atoms with Crippen molar-refractivity contribution in [1.29, 1.82) is 0 Å². The Morgan fingerprint density at radius 2 is 1.60 bits per heavy atom. The Hall–Kier alpha value is -1.14. The lowest BCUT2D eigenvalue weighted by atomic mass is 10.3. The molecule has 0 saturated carbocycles. The molecule has 0 radical (unpaired) electrons. The summed E-state index contributed by atoms with van der Waals surface area (Å²) in [5.41, 5.74) is 6.21. The monoisotopic (exact) mass is 350 g/mol. The minimum atomic E-state index is -3.81. The molecule has 0 atom stereocenters. The van der Waals surface area contributed by atoms with Crippen LogP contribution in [-0.2, 0) is 10.0 Å². The highest BCUT2D eigenvalue weighted by atomic mass is 35.5. The van der Waals surface area contributed by atoms with Crippen LogP contribution < -0.4 is 10.5 Å². The topological polar surface area (TPSA) is 72.2 Å². The van der Waals surface area contributed by atoms with Gasteiger partial charge in [-0.3, -0.25) is 4.72 Å². The van der Waals surface area contributed by atoms with Crippen LogP contribution in [-0.4, -0.2) is 8.42 Å². The number of nitrogens with two attached hydrogens (primary N) is 1. The number of halogens is 3. The predicted molar refractivity (Wildman–Crippen MR) is 83.1 cm³/mol. The van der Waals surface area contributed by atoms with E-state index in [1.807, 2.05) is 0 Å². The van der Waals surface area contributed by atoms with Gasteiger partial charge in [0.05, 0.1) is 25.7 Å². The lowest BCUT2D eigenvalue weighted by Crippen LogP contribution is -2.13. The Balaban J connectivity index is 2.38. The SMILES string of the molecule is Nc1ccc(NS(=O)(=O)c2ccc(Cl)c(Cl)c2)c(Cl)c1. The van der Waals surface area contributed by atoms with Crippen molar-refractivity contribution in [3.63, 3.8) is 0 Å². The minimum absolute atomic E-state index is 0.0141. The molecule has 0 saturated heterocycles. The molecule has 0 aliphatic heterocycles. The molecule has 0 unspecified atom stereocenters. The van der Waals surface area contributed by atoms with Crippen molar-refractivity contribution in [3.8, 4) is 0 Å². The fraction of sp³-hybridized carbons (Fsp3) is 0. The number of sulfonamides is 1. The van der Waals surface area contributed by atoms with E-state index in [0.717, 1.165) is 0 Å². The summed E-state index contributed by atoms with van der Waals surface area (Å²) in [7, 11) is -3.81. The number of hydrogen-bond acceptors (Lipinski definition) is 3. The molecular weight excluding hydrogens is 343 g/mol. The Morgan fingerprint density at radius 3 is 2.20 bits per heavy atom. The number of hydrogen-bond donors (Lipinski definition) is 2. The summed E-state index contributed by atoms with van der Waals surface area (Å²) in [5.74, 6) is 0. The summed E-state index contributed by atoms with van der Waals surface area (Å²) in [5, 5.41) is 0.628. The highest BCUT2D eigenvalue weighted by Crippen LogP contribution is 2.29. The van der Waals surface area contributed by atoms with Gasteiger partial charge in [0.2, 0.25) is 0 Å². The molecular formula is C12H9Cl3N2O2S. The Bertz CT molecular complexity index is 763. The molecule has 0 bridgehead atoms. The lowest BCUT2D eigenvalue weighted by Gasteiger charge is -2.10. The Kier molecular flexibility index (Phi) is 4.34. The van der Waals surface area contributed by atoms with Crippen LogP contribution in [0.3, 0.4) is 0 Å². The van der Waals surface area contributed by atoms with Gasteiger partial charge in [-0.05, 0) is 36.4 Å². The van der Waals surface area contributed by atoms with Crippen molar-refractivity contribution in [3.05, 3.63) is 51.5 Å². The van der Waals surface area contributed by atoms with E-state index in [9.17, 15) is 8.42 Å². The number of nitrogens with one attached hydrogen (secondary N) is 1. The molecule has 2 aromatic carbocycles. The fourth-order valence-corrected chi connectivity index (χ4v) is 3.22. The second-order valence-corrected chi connectivity index (χ2v) is 6.82. The maximum Gasteiger partial charge on any atom is 0.261 e. The van der Waals surface area contributed by atoms with Crippen molar-refractivity contribution in [2.75, 3.05) is 10.5 Å². The van der Waals surface area contributed by atoms with Crippen LogP contribution in [0.25, 0.3) is 0 Å². The van der Waals surface area contributed by atoms with Gasteiger partial charge in [-0.2, -0.15) is 0 Å². The zero-order valence-corrected chi connectivity index (χ0v) is 13.0. The molecule has 2 aromatic rings. The number of nitrogen functional groups attached to an aromatic ring is 1. The van der Waals surface area contributed by atoms with Crippen molar-refractivity contribution >= 4 is 56.2 Å². The largest absolute Gasteiger partial charge is 0.399 e. The molecule has 8 heteroatoms. The third kappa shape index (κ3) is 3.30. The molecule has 0 aliphatic carbocycles. The summed E-state index contributed by atoms with van der Waals surface area (Å²) >= 11 is 17.5. The van der Waals surface area contributed by atoms with Crippen LogP contribution in [0.5, 0.6) is 0 Å². The van der Waals surface area contributed by atoms with Crippen LogP contribution in [0.4, 0.5) is 11.4 Å². The van der Waals surface area contributed by atoms with Gasteiger partial charge in [-0.25, -0.2) is 8.42 Å². The van der Waals surface area contributed by atoms with Gasteiger partial charge in [0.25, 0.3) is 10.0 Å². The van der Waals surface area contributed by atoms with E-state index in [2.05, 4.69) is 4.72 Å². The molecule has 106 valence electrons. The highest BCUT2D eigenvalue weighted by molar-refractivity contribution is 7.92. The second kappa shape index (κ2) is 5.69. The van der Waals surface area contributed by atoms with Crippen LogP contribution >= 0.6 is 34.8 Å². The molecule has 0 aliphatic rings. The van der Waals surface area contributed by atoms with Gasteiger partial charge in [0, 0.05) is 5.69 Å². The normalized spacial score (nSPS) is 11.3. The molecule has 4 nitrogen and oxygen atoms in total. The first kappa shape index (κ1) is 15.3. The van der Waals surface area contributed by atoms with Gasteiger partial charge in [0.15, 0.2) is 0 Å². The summed E-state index contributed by atoms with van der Waals surface area (Å²) in [6.07, 6.45) is 0. The summed E-state index contributed by atoms with van der Waals surface area (Å²) in [4.78, 5) is -0.0141. The van der Waals surface area contributed by atoms with Crippen LogP contribution in [0.1, 0.15) is 0 Å². The summed E-state index contributed by atoms with van der Waals surface area (Å²) in [6.45, 7) is 0. The molecule has 0 amide bonds. The van der Waals surface area contributed by atoms with E-state index in [1.165, 1.54) is 30.3 Å². The van der Waals surface area contributed by atoms with Crippen LogP contribution in [0.15, 0.2) is 41.3 Å². The van der Waals surface area contributed by atoms with Gasteiger partial charge >= 0.3 is 0 Å². The van der Waals surface area contributed by atoms with Gasteiger partial charge in [-0.15, -0.1) is 0 Å². The summed E-state index contributed by atoms with van der Waals surface area (Å²) in [6, 6.07) is 8.49. The van der Waals surface area contributed by atoms with Crippen molar-refractivity contribution < 1.29 is 8.42 Å². The van der Waals surface area contributed by atoms with E-state index in [1.54, 1.807) is 6.07 Å². The molecule has 20 heavy (non-hydrogen) atoms. The number of anilines is 2. The molecule has 2 rings (SSSR count). The Morgan fingerprint density at radius 1 is 0.900 bits per heavy atom. The first-order valence-corrected chi connectivity index (χ1v) is 7.94. The molecule has 3 N–H and O–H groups in total. The molecule has 0 spiro atoms. The van der Waals surface area contributed by atoms with Crippen molar-refractivity contribution in [2.24, 2.45) is 0 Å². The van der Waals surface area contributed by atoms with E-state index < -0.39 is 10.0 Å². The summed E-state index contributed by atoms with van der Waals surface area (Å²) < 4.78 is 26.8. The Labute approximate surface area is 131 Å². The average molecular weight is 352 g/mol. The zero-order valence-electron chi connectivity index (χ0n) is 9.90. The van der Waals surface area contributed by atoms with E-state index in [0.29, 0.717) is 5.69 Å². The van der Waals surface area contributed by atoms with Gasteiger partial charge in [0.1, 0.15) is 0 Å². The van der Waals surface area contributed by atoms with Crippen LogP contribution in [0.2, 0.25) is 15.1 Å². The maximum absolute atomic E-state index is 12.2. The highest BCUT2D eigenvalue weighted by Gasteiger charge is 2.17. The third-order valence-electron chi connectivity index (χ3n) is 2.44. The standard InChI is InChI=1S/C12H9Cl3N2O2S/c13-9-3-2-8(6-10(9)14)20(18,19)17-12-4-1-7(16)5-11(12)15/h1-6,17H,16H2. The zero-order chi connectivity index (χ0) is 14.9. The molecule has 0 heterocycles. The quantitative estimate of drug-likeness (QED) is 0.820. The smallest absolute Gasteiger partial charge is 0.261 e. The number of benzene rings is 2.